The van der Waals surface area contributed by atoms with E-state index in [1.807, 2.05) is 0 Å². The van der Waals surface area contributed by atoms with Gasteiger partial charge in [0.15, 0.2) is 0 Å². The molecule has 3 aliphatic rings. The highest BCUT2D eigenvalue weighted by atomic mass is 19.1. The molecule has 0 radical (unpaired) electrons. The van der Waals surface area contributed by atoms with Crippen LogP contribution in [0.1, 0.15) is 25.7 Å². The van der Waals surface area contributed by atoms with Gasteiger partial charge in [-0.25, -0.2) is 4.39 Å². The Hall–Kier alpha value is -0.150. The molecule has 1 saturated carbocycles. The van der Waals surface area contributed by atoms with Crippen molar-refractivity contribution in [3.8, 4) is 0 Å². The van der Waals surface area contributed by atoms with Crippen molar-refractivity contribution >= 4 is 0 Å². The minimum atomic E-state index is -0.524. The second-order valence-corrected chi connectivity index (χ2v) is 5.65. The Morgan fingerprint density at radius 2 is 1.87 bits per heavy atom. The van der Waals surface area contributed by atoms with Crippen LogP contribution in [0.15, 0.2) is 0 Å². The standard InChI is InChI=1S/C12H21FN2/c1-14-6-5-9-10-7-8(13)3-4-11(10)15(2)12(9)14/h8-12H,3-7H2,1-2H3. The predicted octanol–water partition coefficient (Wildman–Crippen LogP) is 1.72. The normalized spacial score (nSPS) is 51.8. The van der Waals surface area contributed by atoms with Crippen LogP contribution in [0.3, 0.4) is 0 Å². The zero-order chi connectivity index (χ0) is 10.6. The lowest BCUT2D eigenvalue weighted by molar-refractivity contribution is 0.0891. The molecule has 2 aliphatic heterocycles. The van der Waals surface area contributed by atoms with Crippen molar-refractivity contribution < 1.29 is 4.39 Å². The molecule has 3 rings (SSSR count). The highest BCUT2D eigenvalue weighted by Crippen LogP contribution is 2.48. The van der Waals surface area contributed by atoms with E-state index >= 15 is 0 Å². The predicted molar refractivity (Wildman–Crippen MR) is 58.3 cm³/mol. The van der Waals surface area contributed by atoms with Gasteiger partial charge in [0.2, 0.25) is 0 Å². The van der Waals surface area contributed by atoms with Gasteiger partial charge in [0.25, 0.3) is 0 Å². The summed E-state index contributed by atoms with van der Waals surface area (Å²) in [4.78, 5) is 4.98. The molecular weight excluding hydrogens is 191 g/mol. The first-order chi connectivity index (χ1) is 7.18. The number of halogens is 1. The van der Waals surface area contributed by atoms with Gasteiger partial charge in [-0.3, -0.25) is 9.80 Å². The van der Waals surface area contributed by atoms with E-state index in [4.69, 9.17) is 0 Å². The SMILES string of the molecule is CN1CCC2C3CC(F)CCC3N(C)C21. The average Bonchev–Trinajstić information content (AvgIpc) is 2.70. The van der Waals surface area contributed by atoms with Gasteiger partial charge in [0.1, 0.15) is 6.17 Å². The van der Waals surface area contributed by atoms with E-state index < -0.39 is 6.17 Å². The van der Waals surface area contributed by atoms with E-state index in [1.165, 1.54) is 13.0 Å². The minimum Gasteiger partial charge on any atom is -0.291 e. The Labute approximate surface area is 91.4 Å². The van der Waals surface area contributed by atoms with Crippen molar-refractivity contribution in [2.45, 2.75) is 44.1 Å². The van der Waals surface area contributed by atoms with Crippen molar-refractivity contribution in [2.24, 2.45) is 11.8 Å². The van der Waals surface area contributed by atoms with E-state index in [0.29, 0.717) is 18.1 Å². The summed E-state index contributed by atoms with van der Waals surface area (Å²) in [7, 11) is 4.45. The average molecular weight is 212 g/mol. The zero-order valence-corrected chi connectivity index (χ0v) is 9.69. The maximum atomic E-state index is 13.5. The summed E-state index contributed by atoms with van der Waals surface area (Å²) in [6.07, 6.45) is 4.04. The van der Waals surface area contributed by atoms with Crippen molar-refractivity contribution in [1.29, 1.82) is 0 Å². The van der Waals surface area contributed by atoms with Gasteiger partial charge < -0.3 is 0 Å². The lowest BCUT2D eigenvalue weighted by atomic mass is 9.78. The van der Waals surface area contributed by atoms with Crippen LogP contribution < -0.4 is 0 Å². The third-order valence-electron chi connectivity index (χ3n) is 4.94. The van der Waals surface area contributed by atoms with Crippen molar-refractivity contribution in [2.75, 3.05) is 20.6 Å². The van der Waals surface area contributed by atoms with Gasteiger partial charge in [-0.2, -0.15) is 0 Å². The summed E-state index contributed by atoms with van der Waals surface area (Å²) in [5.74, 6) is 1.37. The molecule has 0 bridgehead atoms. The fourth-order valence-electron chi connectivity index (χ4n) is 4.31. The van der Waals surface area contributed by atoms with Crippen LogP contribution in [0.5, 0.6) is 0 Å². The highest BCUT2D eigenvalue weighted by Gasteiger charge is 2.52. The molecule has 2 saturated heterocycles. The van der Waals surface area contributed by atoms with Gasteiger partial charge in [0, 0.05) is 6.04 Å². The van der Waals surface area contributed by atoms with Crippen LogP contribution in [0.4, 0.5) is 4.39 Å². The molecule has 5 atom stereocenters. The van der Waals surface area contributed by atoms with E-state index in [-0.39, 0.29) is 0 Å². The molecule has 0 aromatic rings. The molecule has 5 unspecified atom stereocenters. The lowest BCUT2D eigenvalue weighted by Crippen LogP contribution is -2.43. The second-order valence-electron chi connectivity index (χ2n) is 5.65. The fraction of sp³-hybridized carbons (Fsp3) is 1.00. The number of likely N-dealkylation sites (tertiary alicyclic amines) is 2. The van der Waals surface area contributed by atoms with Gasteiger partial charge in [-0.1, -0.05) is 0 Å². The number of alkyl halides is 1. The quantitative estimate of drug-likeness (QED) is 0.603. The summed E-state index contributed by atoms with van der Waals surface area (Å²) in [6.45, 7) is 1.19. The van der Waals surface area contributed by atoms with Gasteiger partial charge in [0.05, 0.1) is 6.17 Å². The van der Waals surface area contributed by atoms with Crippen molar-refractivity contribution in [3.63, 3.8) is 0 Å². The molecule has 0 amide bonds. The monoisotopic (exact) mass is 212 g/mol. The van der Waals surface area contributed by atoms with Crippen LogP contribution in [0.25, 0.3) is 0 Å². The largest absolute Gasteiger partial charge is 0.291 e. The summed E-state index contributed by atoms with van der Waals surface area (Å²) in [5.41, 5.74) is 0. The van der Waals surface area contributed by atoms with Crippen LogP contribution >= 0.6 is 0 Å². The molecule has 2 nitrogen and oxygen atoms in total. The summed E-state index contributed by atoms with van der Waals surface area (Å²) in [6, 6.07) is 0.662. The Morgan fingerprint density at radius 3 is 2.67 bits per heavy atom. The second kappa shape index (κ2) is 3.42. The van der Waals surface area contributed by atoms with Crippen LogP contribution in [0.2, 0.25) is 0 Å². The van der Waals surface area contributed by atoms with Crippen LogP contribution in [0, 0.1) is 11.8 Å². The van der Waals surface area contributed by atoms with Gasteiger partial charge in [-0.15, -0.1) is 0 Å². The molecule has 0 N–H and O–H groups in total. The Kier molecular flexibility index (Phi) is 2.29. The van der Waals surface area contributed by atoms with Crippen molar-refractivity contribution in [3.05, 3.63) is 0 Å². The third-order valence-corrected chi connectivity index (χ3v) is 4.94. The van der Waals surface area contributed by atoms with E-state index in [9.17, 15) is 4.39 Å². The smallest absolute Gasteiger partial charge is 0.101 e. The first kappa shape index (κ1) is 10.0. The van der Waals surface area contributed by atoms with Gasteiger partial charge >= 0.3 is 0 Å². The topological polar surface area (TPSA) is 6.48 Å². The molecular formula is C12H21FN2. The van der Waals surface area contributed by atoms with E-state index in [1.54, 1.807) is 0 Å². The minimum absolute atomic E-state index is 0.524. The summed E-state index contributed by atoms with van der Waals surface area (Å²) >= 11 is 0. The maximum Gasteiger partial charge on any atom is 0.101 e. The molecule has 0 aromatic carbocycles. The number of hydrogen-bond acceptors (Lipinski definition) is 2. The van der Waals surface area contributed by atoms with Crippen LogP contribution in [-0.2, 0) is 0 Å². The first-order valence-corrected chi connectivity index (χ1v) is 6.24. The molecule has 15 heavy (non-hydrogen) atoms. The summed E-state index contributed by atoms with van der Waals surface area (Å²) in [5, 5.41) is 0. The number of rotatable bonds is 0. The number of hydrogen-bond donors (Lipinski definition) is 0. The lowest BCUT2D eigenvalue weighted by Gasteiger charge is -2.34. The van der Waals surface area contributed by atoms with Gasteiger partial charge in [-0.05, 0) is 58.2 Å². The molecule has 2 heterocycles. The Balaban J connectivity index is 1.84. The molecule has 1 aliphatic carbocycles. The number of nitrogens with zero attached hydrogens (tertiary/aromatic N) is 2. The molecule has 86 valence electrons. The molecule has 3 fully saturated rings. The maximum absolute atomic E-state index is 13.5. The van der Waals surface area contributed by atoms with E-state index in [2.05, 4.69) is 23.9 Å². The molecule has 0 aromatic heterocycles. The van der Waals surface area contributed by atoms with Crippen molar-refractivity contribution in [1.82, 2.24) is 9.80 Å². The summed E-state index contributed by atoms with van der Waals surface area (Å²) < 4.78 is 13.5. The zero-order valence-electron chi connectivity index (χ0n) is 9.69. The third kappa shape index (κ3) is 1.36. The first-order valence-electron chi connectivity index (χ1n) is 6.24. The van der Waals surface area contributed by atoms with Crippen LogP contribution in [-0.4, -0.2) is 48.8 Å². The highest BCUT2D eigenvalue weighted by molar-refractivity contribution is 5.03. The Bertz CT molecular complexity index is 258. The molecule has 0 spiro atoms. The van der Waals surface area contributed by atoms with E-state index in [0.717, 1.165) is 25.2 Å². The Morgan fingerprint density at radius 1 is 1.07 bits per heavy atom. The molecule has 3 heteroatoms. The fourth-order valence-corrected chi connectivity index (χ4v) is 4.31. The number of fused-ring (bicyclic) bond motifs is 3.